The van der Waals surface area contributed by atoms with Crippen molar-refractivity contribution < 1.29 is 14.6 Å². The van der Waals surface area contributed by atoms with Gasteiger partial charge in [0.05, 0.1) is 30.3 Å². The quantitative estimate of drug-likeness (QED) is 0.689. The topological polar surface area (TPSA) is 78.5 Å². The number of phenolic OH excluding ortho intramolecular Hbond substituents is 1. The van der Waals surface area contributed by atoms with Crippen molar-refractivity contribution in [2.75, 3.05) is 25.1 Å². The van der Waals surface area contributed by atoms with Gasteiger partial charge in [0.2, 0.25) is 0 Å². The number of esters is 1. The van der Waals surface area contributed by atoms with Crippen LogP contribution in [-0.4, -0.2) is 41.2 Å². The van der Waals surface area contributed by atoms with Gasteiger partial charge in [0.25, 0.3) is 0 Å². The predicted molar refractivity (Wildman–Crippen MR) is 104 cm³/mol. The number of imidazole rings is 1. The standard InChI is InChI=1S/C21H21N3O3/c1-27-21(26)15-6-4-14(5-7-15)20-22-13-17(23-20)16-8-9-19(25)18(12-16)24-10-2-3-11-24/h4-9,12-13,25H,2-3,10-11H2,1H3,(H,22,23). The first kappa shape index (κ1) is 17.1. The molecule has 27 heavy (non-hydrogen) atoms. The third kappa shape index (κ3) is 3.38. The first-order chi connectivity index (χ1) is 13.2. The van der Waals surface area contributed by atoms with E-state index in [-0.39, 0.29) is 5.97 Å². The number of methoxy groups -OCH3 is 1. The Morgan fingerprint density at radius 3 is 2.52 bits per heavy atom. The molecule has 0 atom stereocenters. The number of H-pyrrole nitrogens is 1. The van der Waals surface area contributed by atoms with Gasteiger partial charge in [0.15, 0.2) is 0 Å². The van der Waals surface area contributed by atoms with Crippen LogP contribution in [0.5, 0.6) is 5.75 Å². The van der Waals surface area contributed by atoms with E-state index in [0.29, 0.717) is 11.3 Å². The number of carbonyl (C=O) groups excluding carboxylic acids is 1. The monoisotopic (exact) mass is 363 g/mol. The zero-order valence-corrected chi connectivity index (χ0v) is 15.1. The Labute approximate surface area is 157 Å². The molecule has 138 valence electrons. The van der Waals surface area contributed by atoms with Gasteiger partial charge in [-0.1, -0.05) is 12.1 Å². The van der Waals surface area contributed by atoms with Crippen LogP contribution in [0, 0.1) is 0 Å². The molecule has 1 aromatic heterocycles. The lowest BCUT2D eigenvalue weighted by Crippen LogP contribution is -2.17. The fourth-order valence-electron chi connectivity index (χ4n) is 3.40. The lowest BCUT2D eigenvalue weighted by molar-refractivity contribution is 0.0600. The second-order valence-corrected chi connectivity index (χ2v) is 6.61. The van der Waals surface area contributed by atoms with Crippen molar-refractivity contribution in [3.05, 3.63) is 54.2 Å². The molecule has 0 radical (unpaired) electrons. The fourth-order valence-corrected chi connectivity index (χ4v) is 3.40. The van der Waals surface area contributed by atoms with Crippen LogP contribution in [0.3, 0.4) is 0 Å². The molecule has 0 unspecified atom stereocenters. The normalized spacial score (nSPS) is 13.7. The van der Waals surface area contributed by atoms with E-state index in [2.05, 4.69) is 14.9 Å². The molecule has 0 amide bonds. The van der Waals surface area contributed by atoms with Gasteiger partial charge in [-0.05, 0) is 43.2 Å². The summed E-state index contributed by atoms with van der Waals surface area (Å²) in [6.45, 7) is 1.94. The second-order valence-electron chi connectivity index (χ2n) is 6.61. The largest absolute Gasteiger partial charge is 0.506 e. The fraction of sp³-hybridized carbons (Fsp3) is 0.238. The third-order valence-corrected chi connectivity index (χ3v) is 4.89. The molecule has 0 bridgehead atoms. The summed E-state index contributed by atoms with van der Waals surface area (Å²) in [7, 11) is 1.36. The highest BCUT2D eigenvalue weighted by atomic mass is 16.5. The molecule has 6 nitrogen and oxygen atoms in total. The molecule has 3 aromatic rings. The van der Waals surface area contributed by atoms with Crippen LogP contribution in [-0.2, 0) is 4.74 Å². The number of rotatable bonds is 4. The number of aromatic hydroxyl groups is 1. The SMILES string of the molecule is COC(=O)c1ccc(-c2ncc(-c3ccc(O)c(N4CCCC4)c3)[nH]2)cc1. The Balaban J connectivity index is 1.61. The minimum Gasteiger partial charge on any atom is -0.506 e. The Bertz CT molecular complexity index is 957. The van der Waals surface area contributed by atoms with Crippen LogP contribution in [0.4, 0.5) is 5.69 Å². The van der Waals surface area contributed by atoms with E-state index in [1.54, 1.807) is 24.4 Å². The molecule has 1 aliphatic heterocycles. The van der Waals surface area contributed by atoms with Crippen LogP contribution in [0.15, 0.2) is 48.7 Å². The third-order valence-electron chi connectivity index (χ3n) is 4.89. The number of hydrogen-bond acceptors (Lipinski definition) is 5. The molecule has 1 fully saturated rings. The zero-order valence-electron chi connectivity index (χ0n) is 15.1. The van der Waals surface area contributed by atoms with E-state index in [9.17, 15) is 9.90 Å². The van der Waals surface area contributed by atoms with Crippen LogP contribution in [0.1, 0.15) is 23.2 Å². The van der Waals surface area contributed by atoms with Crippen molar-refractivity contribution >= 4 is 11.7 Å². The van der Waals surface area contributed by atoms with Gasteiger partial charge in [-0.2, -0.15) is 0 Å². The number of anilines is 1. The number of hydrogen-bond donors (Lipinski definition) is 2. The number of phenols is 1. The highest BCUT2D eigenvalue weighted by molar-refractivity contribution is 5.89. The summed E-state index contributed by atoms with van der Waals surface area (Å²) in [5, 5.41) is 10.2. The summed E-state index contributed by atoms with van der Waals surface area (Å²) in [4.78, 5) is 21.5. The average molecular weight is 363 g/mol. The number of carbonyl (C=O) groups is 1. The Kier molecular flexibility index (Phi) is 4.54. The van der Waals surface area contributed by atoms with Crippen LogP contribution in [0.2, 0.25) is 0 Å². The van der Waals surface area contributed by atoms with Crippen molar-refractivity contribution in [1.82, 2.24) is 9.97 Å². The molecule has 2 heterocycles. The van der Waals surface area contributed by atoms with Crippen molar-refractivity contribution in [2.45, 2.75) is 12.8 Å². The molecule has 4 rings (SSSR count). The van der Waals surface area contributed by atoms with Crippen LogP contribution >= 0.6 is 0 Å². The van der Waals surface area contributed by atoms with Crippen molar-refractivity contribution in [1.29, 1.82) is 0 Å². The predicted octanol–water partition coefficient (Wildman–Crippen LogP) is 3.84. The maximum absolute atomic E-state index is 11.5. The summed E-state index contributed by atoms with van der Waals surface area (Å²) < 4.78 is 4.72. The van der Waals surface area contributed by atoms with E-state index >= 15 is 0 Å². The lowest BCUT2D eigenvalue weighted by Gasteiger charge is -2.19. The molecule has 0 saturated carbocycles. The molecule has 2 N–H and O–H groups in total. The van der Waals surface area contributed by atoms with Crippen molar-refractivity contribution in [3.63, 3.8) is 0 Å². The molecule has 6 heteroatoms. The highest BCUT2D eigenvalue weighted by Crippen LogP contribution is 2.34. The maximum Gasteiger partial charge on any atom is 0.337 e. The molecule has 1 aliphatic rings. The van der Waals surface area contributed by atoms with Gasteiger partial charge in [0, 0.05) is 24.2 Å². The van der Waals surface area contributed by atoms with E-state index in [1.165, 1.54) is 7.11 Å². The van der Waals surface area contributed by atoms with Crippen LogP contribution < -0.4 is 4.90 Å². The number of aromatic nitrogens is 2. The minimum atomic E-state index is -0.361. The van der Waals surface area contributed by atoms with E-state index in [0.717, 1.165) is 54.3 Å². The van der Waals surface area contributed by atoms with E-state index in [1.807, 2.05) is 24.3 Å². The Morgan fingerprint density at radius 2 is 1.81 bits per heavy atom. The lowest BCUT2D eigenvalue weighted by atomic mass is 10.1. The molecule has 0 spiro atoms. The number of ether oxygens (including phenoxy) is 1. The average Bonchev–Trinajstić information content (AvgIpc) is 3.40. The van der Waals surface area contributed by atoms with Gasteiger partial charge >= 0.3 is 5.97 Å². The van der Waals surface area contributed by atoms with E-state index < -0.39 is 0 Å². The zero-order chi connectivity index (χ0) is 18.8. The molecule has 1 saturated heterocycles. The first-order valence-electron chi connectivity index (χ1n) is 8.98. The van der Waals surface area contributed by atoms with Gasteiger partial charge in [0.1, 0.15) is 11.6 Å². The molecular weight excluding hydrogens is 342 g/mol. The van der Waals surface area contributed by atoms with Gasteiger partial charge in [-0.3, -0.25) is 0 Å². The van der Waals surface area contributed by atoms with E-state index in [4.69, 9.17) is 4.74 Å². The number of aromatic amines is 1. The molecule has 0 aliphatic carbocycles. The van der Waals surface area contributed by atoms with Crippen molar-refractivity contribution in [2.24, 2.45) is 0 Å². The smallest absolute Gasteiger partial charge is 0.337 e. The molecular formula is C21H21N3O3. The van der Waals surface area contributed by atoms with Gasteiger partial charge in [-0.15, -0.1) is 0 Å². The Hall–Kier alpha value is -3.28. The van der Waals surface area contributed by atoms with Crippen molar-refractivity contribution in [3.8, 4) is 28.4 Å². The summed E-state index contributed by atoms with van der Waals surface area (Å²) in [5.41, 5.74) is 4.10. The van der Waals surface area contributed by atoms with Gasteiger partial charge in [-0.25, -0.2) is 9.78 Å². The summed E-state index contributed by atoms with van der Waals surface area (Å²) >= 11 is 0. The second kappa shape index (κ2) is 7.15. The molecule has 2 aromatic carbocycles. The first-order valence-corrected chi connectivity index (χ1v) is 8.98. The summed E-state index contributed by atoms with van der Waals surface area (Å²) in [6, 6.07) is 12.7. The number of nitrogens with one attached hydrogen (secondary N) is 1. The highest BCUT2D eigenvalue weighted by Gasteiger charge is 2.17. The Morgan fingerprint density at radius 1 is 1.11 bits per heavy atom. The summed E-state index contributed by atoms with van der Waals surface area (Å²) in [5.74, 6) is 0.663. The summed E-state index contributed by atoms with van der Waals surface area (Å²) in [6.07, 6.45) is 4.09. The minimum absolute atomic E-state index is 0.304. The number of benzene rings is 2. The van der Waals surface area contributed by atoms with Gasteiger partial charge < -0.3 is 19.7 Å². The number of nitrogens with zero attached hydrogens (tertiary/aromatic N) is 2. The van der Waals surface area contributed by atoms with Crippen LogP contribution in [0.25, 0.3) is 22.6 Å². The maximum atomic E-state index is 11.5.